The highest BCUT2D eigenvalue weighted by molar-refractivity contribution is 6.25. The van der Waals surface area contributed by atoms with Crippen LogP contribution in [0.25, 0.3) is 0 Å². The second-order valence-electron chi connectivity index (χ2n) is 6.29. The van der Waals surface area contributed by atoms with E-state index in [4.69, 9.17) is 0 Å². The van der Waals surface area contributed by atoms with Crippen LogP contribution in [0, 0.1) is 18.6 Å². The first kappa shape index (κ1) is 16.3. The second-order valence-corrected chi connectivity index (χ2v) is 6.29. The summed E-state index contributed by atoms with van der Waals surface area (Å²) in [5.41, 5.74) is 1.97. The molecule has 2 atom stereocenters. The number of fused-ring (bicyclic) bond motifs is 1. The maximum absolute atomic E-state index is 13.5. The van der Waals surface area contributed by atoms with Crippen molar-refractivity contribution in [2.45, 2.75) is 25.6 Å². The molecule has 0 bridgehead atoms. The van der Waals surface area contributed by atoms with Gasteiger partial charge >= 0.3 is 0 Å². The molecule has 2 aromatic rings. The van der Waals surface area contributed by atoms with Crippen molar-refractivity contribution in [2.75, 3.05) is 4.90 Å². The molecule has 0 aromatic heterocycles. The van der Waals surface area contributed by atoms with E-state index in [-0.39, 0.29) is 5.69 Å². The summed E-state index contributed by atoms with van der Waals surface area (Å²) < 4.78 is 26.6. The maximum Gasteiger partial charge on any atom is 0.263 e. The Bertz CT molecular complexity index is 947. The molecule has 0 aliphatic carbocycles. The number of benzene rings is 2. The number of carbonyl (C=O) groups excluding carboxylic acids is 2. The van der Waals surface area contributed by atoms with E-state index in [2.05, 4.69) is 10.3 Å². The minimum Gasteiger partial charge on any atom is -0.271 e. The number of hydrogen-bond donors (Lipinski definition) is 0. The number of carbonyl (C=O) groups is 2. The van der Waals surface area contributed by atoms with Gasteiger partial charge in [0.2, 0.25) is 0 Å². The van der Waals surface area contributed by atoms with Crippen molar-refractivity contribution < 1.29 is 18.4 Å². The fraction of sp³-hybridized carbons (Fsp3) is 0.222. The van der Waals surface area contributed by atoms with E-state index in [9.17, 15) is 18.4 Å². The summed E-state index contributed by atoms with van der Waals surface area (Å²) >= 11 is 0. The van der Waals surface area contributed by atoms with E-state index in [0.29, 0.717) is 6.54 Å². The zero-order chi connectivity index (χ0) is 18.4. The zero-order valence-electron chi connectivity index (χ0n) is 13.8. The molecule has 2 aliphatic heterocycles. The first-order valence-corrected chi connectivity index (χ1v) is 8.01. The van der Waals surface area contributed by atoms with E-state index in [1.54, 1.807) is 0 Å². The van der Waals surface area contributed by atoms with Gasteiger partial charge in [0.05, 0.1) is 12.2 Å². The van der Waals surface area contributed by atoms with Gasteiger partial charge in [-0.25, -0.2) is 13.7 Å². The number of aryl methyl sites for hydroxylation is 1. The molecule has 1 saturated heterocycles. The summed E-state index contributed by atoms with van der Waals surface area (Å²) in [4.78, 5) is 26.2. The number of hydrogen-bond acceptors (Lipinski definition) is 5. The summed E-state index contributed by atoms with van der Waals surface area (Å²) in [5, 5.41) is 9.34. The number of anilines is 1. The molecule has 0 radical (unpaired) electrons. The zero-order valence-corrected chi connectivity index (χ0v) is 13.8. The monoisotopic (exact) mass is 356 g/mol. The lowest BCUT2D eigenvalue weighted by molar-refractivity contribution is -0.123. The molecular weight excluding hydrogens is 342 g/mol. The van der Waals surface area contributed by atoms with Crippen LogP contribution in [-0.4, -0.2) is 28.9 Å². The van der Waals surface area contributed by atoms with E-state index < -0.39 is 35.5 Å². The second kappa shape index (κ2) is 5.98. The first-order chi connectivity index (χ1) is 12.5. The van der Waals surface area contributed by atoms with Crippen LogP contribution in [0.15, 0.2) is 52.8 Å². The van der Waals surface area contributed by atoms with Crippen molar-refractivity contribution >= 4 is 17.5 Å². The van der Waals surface area contributed by atoms with Gasteiger partial charge in [0.15, 0.2) is 23.7 Å². The SMILES string of the molecule is Cc1cccc(CN2N=NC3C(=O)N(c4ccc(F)c(F)c4)C(=O)C32)c1. The van der Waals surface area contributed by atoms with Crippen molar-refractivity contribution in [2.24, 2.45) is 10.3 Å². The molecule has 2 unspecified atom stereocenters. The minimum atomic E-state index is -1.13. The predicted octanol–water partition coefficient (Wildman–Crippen LogP) is 2.77. The molecule has 8 heteroatoms. The topological polar surface area (TPSA) is 65.3 Å². The standard InChI is InChI=1S/C18H14F2N4O2/c1-10-3-2-4-11(7-10)9-23-16-15(21-22-23)17(25)24(18(16)26)12-5-6-13(19)14(20)8-12/h2-8,15-16H,9H2,1H3. The fourth-order valence-electron chi connectivity index (χ4n) is 3.23. The van der Waals surface area contributed by atoms with Crippen LogP contribution < -0.4 is 4.90 Å². The van der Waals surface area contributed by atoms with Gasteiger partial charge in [0.25, 0.3) is 11.8 Å². The molecule has 1 fully saturated rings. The molecule has 2 aromatic carbocycles. The van der Waals surface area contributed by atoms with Crippen LogP contribution in [0.1, 0.15) is 11.1 Å². The number of imide groups is 1. The Hall–Kier alpha value is -3.16. The normalized spacial score (nSPS) is 21.7. The van der Waals surface area contributed by atoms with Gasteiger partial charge in [-0.2, -0.15) is 5.11 Å². The van der Waals surface area contributed by atoms with Crippen molar-refractivity contribution in [1.82, 2.24) is 5.01 Å². The van der Waals surface area contributed by atoms with Gasteiger partial charge in [0.1, 0.15) is 0 Å². The van der Waals surface area contributed by atoms with E-state index in [0.717, 1.165) is 28.2 Å². The summed E-state index contributed by atoms with van der Waals surface area (Å²) in [7, 11) is 0. The van der Waals surface area contributed by atoms with Gasteiger partial charge in [-0.3, -0.25) is 14.6 Å². The number of rotatable bonds is 3. The molecule has 2 amide bonds. The van der Waals surface area contributed by atoms with Crippen LogP contribution in [-0.2, 0) is 16.1 Å². The molecule has 26 heavy (non-hydrogen) atoms. The third kappa shape index (κ3) is 2.54. The number of halogens is 2. The Morgan fingerprint density at radius 2 is 1.85 bits per heavy atom. The van der Waals surface area contributed by atoms with E-state index in [1.165, 1.54) is 11.1 Å². The molecule has 0 N–H and O–H groups in total. The van der Waals surface area contributed by atoms with Crippen LogP contribution in [0.3, 0.4) is 0 Å². The Morgan fingerprint density at radius 3 is 2.58 bits per heavy atom. The smallest absolute Gasteiger partial charge is 0.263 e. The average molecular weight is 356 g/mol. The van der Waals surface area contributed by atoms with Crippen LogP contribution in [0.5, 0.6) is 0 Å². The molecule has 6 nitrogen and oxygen atoms in total. The lowest BCUT2D eigenvalue weighted by Crippen LogP contribution is -2.39. The summed E-state index contributed by atoms with van der Waals surface area (Å²) in [6.07, 6.45) is 0. The minimum absolute atomic E-state index is 0.0148. The van der Waals surface area contributed by atoms with Crippen LogP contribution in [0.4, 0.5) is 14.5 Å². The molecule has 0 spiro atoms. The molecule has 2 heterocycles. The average Bonchev–Trinajstić information content (AvgIpc) is 3.11. The van der Waals surface area contributed by atoms with Crippen LogP contribution >= 0.6 is 0 Å². The van der Waals surface area contributed by atoms with Gasteiger partial charge in [-0.15, -0.1) is 0 Å². The lowest BCUT2D eigenvalue weighted by Gasteiger charge is -2.20. The largest absolute Gasteiger partial charge is 0.271 e. The van der Waals surface area contributed by atoms with Gasteiger partial charge < -0.3 is 0 Å². The molecule has 132 valence electrons. The van der Waals surface area contributed by atoms with Gasteiger partial charge in [-0.1, -0.05) is 35.1 Å². The summed E-state index contributed by atoms with van der Waals surface area (Å²) in [5.74, 6) is -3.32. The fourth-order valence-corrected chi connectivity index (χ4v) is 3.23. The first-order valence-electron chi connectivity index (χ1n) is 8.01. The molecule has 0 saturated carbocycles. The van der Waals surface area contributed by atoms with E-state index in [1.807, 2.05) is 31.2 Å². The highest BCUT2D eigenvalue weighted by Gasteiger charge is 2.54. The highest BCUT2D eigenvalue weighted by Crippen LogP contribution is 2.33. The van der Waals surface area contributed by atoms with Crippen molar-refractivity contribution in [3.05, 3.63) is 65.2 Å². The highest BCUT2D eigenvalue weighted by atomic mass is 19.2. The Morgan fingerprint density at radius 1 is 1.04 bits per heavy atom. The lowest BCUT2D eigenvalue weighted by atomic mass is 10.1. The van der Waals surface area contributed by atoms with E-state index >= 15 is 0 Å². The molecule has 2 aliphatic rings. The maximum atomic E-state index is 13.5. The molecule has 4 rings (SSSR count). The molecular formula is C18H14F2N4O2. The Kier molecular flexibility index (Phi) is 3.75. The quantitative estimate of drug-likeness (QED) is 0.795. The predicted molar refractivity (Wildman–Crippen MR) is 88.0 cm³/mol. The van der Waals surface area contributed by atoms with Crippen molar-refractivity contribution in [1.29, 1.82) is 0 Å². The summed E-state index contributed by atoms with van der Waals surface area (Å²) in [6, 6.07) is 8.74. The Labute approximate surface area is 147 Å². The third-order valence-corrected chi connectivity index (χ3v) is 4.45. The third-order valence-electron chi connectivity index (χ3n) is 4.45. The summed E-state index contributed by atoms with van der Waals surface area (Å²) in [6.45, 7) is 2.27. The van der Waals surface area contributed by atoms with Gasteiger partial charge in [0, 0.05) is 6.07 Å². The van der Waals surface area contributed by atoms with Crippen molar-refractivity contribution in [3.8, 4) is 0 Å². The van der Waals surface area contributed by atoms with Crippen LogP contribution in [0.2, 0.25) is 0 Å². The number of nitrogens with zero attached hydrogens (tertiary/aromatic N) is 4. The van der Waals surface area contributed by atoms with Crippen molar-refractivity contribution in [3.63, 3.8) is 0 Å². The number of amides is 2. The Balaban J connectivity index is 1.62. The van der Waals surface area contributed by atoms with Gasteiger partial charge in [-0.05, 0) is 24.6 Å².